The summed E-state index contributed by atoms with van der Waals surface area (Å²) in [6, 6.07) is 15.2. The molecule has 0 radical (unpaired) electrons. The minimum Gasteiger partial charge on any atom is -0.444 e. The maximum Gasteiger partial charge on any atom is 0.410 e. The molecule has 2 aromatic carbocycles. The van der Waals surface area contributed by atoms with Crippen molar-refractivity contribution in [3.63, 3.8) is 0 Å². The minimum atomic E-state index is -2.72. The summed E-state index contributed by atoms with van der Waals surface area (Å²) in [6.07, 6.45) is -0.466. The Morgan fingerprint density at radius 1 is 1.05 bits per heavy atom. The van der Waals surface area contributed by atoms with Crippen molar-refractivity contribution in [3.05, 3.63) is 65.2 Å². The normalized spacial score (nSPS) is 15.2. The van der Waals surface area contributed by atoms with Crippen LogP contribution in [0.4, 0.5) is 13.6 Å². The van der Waals surface area contributed by atoms with Crippen LogP contribution in [0.5, 0.6) is 0 Å². The highest BCUT2D eigenvalue weighted by atomic mass is 32.2. The van der Waals surface area contributed by atoms with Crippen LogP contribution in [-0.4, -0.2) is 46.9 Å². The first-order chi connectivity index (χ1) is 18.8. The molecule has 1 fully saturated rings. The molecule has 0 bridgehead atoms. The molecule has 0 spiro atoms. The van der Waals surface area contributed by atoms with Crippen molar-refractivity contribution in [2.75, 3.05) is 6.54 Å². The summed E-state index contributed by atoms with van der Waals surface area (Å²) in [5.74, 6) is -2.86. The molecule has 40 heavy (non-hydrogen) atoms. The van der Waals surface area contributed by atoms with Crippen molar-refractivity contribution >= 4 is 29.7 Å². The summed E-state index contributed by atoms with van der Waals surface area (Å²) < 4.78 is 32.9. The molecular formula is C30H39F2N3O4S. The average Bonchev–Trinajstić information content (AvgIpc) is 2.89. The van der Waals surface area contributed by atoms with Gasteiger partial charge in [-0.1, -0.05) is 42.0 Å². The lowest BCUT2D eigenvalue weighted by Crippen LogP contribution is -2.47. The highest BCUT2D eigenvalue weighted by Crippen LogP contribution is 2.35. The van der Waals surface area contributed by atoms with E-state index in [1.165, 1.54) is 16.7 Å². The van der Waals surface area contributed by atoms with E-state index in [2.05, 4.69) is 10.9 Å². The Balaban J connectivity index is 1.53. The van der Waals surface area contributed by atoms with Gasteiger partial charge in [0.15, 0.2) is 0 Å². The Labute approximate surface area is 239 Å². The highest BCUT2D eigenvalue weighted by molar-refractivity contribution is 7.98. The lowest BCUT2D eigenvalue weighted by atomic mass is 9.91. The predicted octanol–water partition coefficient (Wildman–Crippen LogP) is 6.64. The fourth-order valence-corrected chi connectivity index (χ4v) is 5.41. The summed E-state index contributed by atoms with van der Waals surface area (Å²) in [4.78, 5) is 40.5. The van der Waals surface area contributed by atoms with Crippen molar-refractivity contribution in [1.82, 2.24) is 15.8 Å². The molecule has 7 nitrogen and oxygen atoms in total. The zero-order valence-electron chi connectivity index (χ0n) is 23.6. The van der Waals surface area contributed by atoms with E-state index in [4.69, 9.17) is 4.74 Å². The van der Waals surface area contributed by atoms with Gasteiger partial charge in [0, 0.05) is 42.5 Å². The van der Waals surface area contributed by atoms with Gasteiger partial charge in [0.2, 0.25) is 11.8 Å². The van der Waals surface area contributed by atoms with Crippen LogP contribution in [-0.2, 0) is 15.3 Å². The van der Waals surface area contributed by atoms with E-state index in [1.807, 2.05) is 49.4 Å². The Hall–Kier alpha value is -3.14. The van der Waals surface area contributed by atoms with Crippen LogP contribution in [0.15, 0.2) is 53.4 Å². The minimum absolute atomic E-state index is 0.0336. The van der Waals surface area contributed by atoms with Crippen LogP contribution >= 0.6 is 11.8 Å². The van der Waals surface area contributed by atoms with Crippen LogP contribution in [0.3, 0.4) is 0 Å². The molecule has 1 aliphatic rings. The molecule has 0 saturated heterocycles. The van der Waals surface area contributed by atoms with Gasteiger partial charge in [-0.2, -0.15) is 0 Å². The van der Waals surface area contributed by atoms with Gasteiger partial charge in [-0.3, -0.25) is 20.4 Å². The number of hydrogen-bond acceptors (Lipinski definition) is 5. The number of alkyl halides is 2. The Morgan fingerprint density at radius 3 is 2.38 bits per heavy atom. The molecule has 3 amide bonds. The highest BCUT2D eigenvalue weighted by Gasteiger charge is 2.39. The van der Waals surface area contributed by atoms with Gasteiger partial charge in [0.05, 0.1) is 5.56 Å². The summed E-state index contributed by atoms with van der Waals surface area (Å²) in [6.45, 7) is 7.31. The van der Waals surface area contributed by atoms with Crippen molar-refractivity contribution < 1.29 is 27.9 Å². The van der Waals surface area contributed by atoms with E-state index in [0.29, 0.717) is 11.3 Å². The molecule has 1 saturated carbocycles. The van der Waals surface area contributed by atoms with E-state index in [1.54, 1.807) is 26.8 Å². The van der Waals surface area contributed by atoms with Crippen LogP contribution in [0, 0.1) is 6.92 Å². The molecule has 218 valence electrons. The van der Waals surface area contributed by atoms with Crippen LogP contribution in [0.2, 0.25) is 0 Å². The molecule has 0 unspecified atom stereocenters. The number of halogens is 2. The number of amides is 3. The van der Waals surface area contributed by atoms with E-state index < -0.39 is 29.4 Å². The van der Waals surface area contributed by atoms with Gasteiger partial charge in [-0.05, 0) is 64.7 Å². The van der Waals surface area contributed by atoms with Gasteiger partial charge in [0.1, 0.15) is 5.60 Å². The molecule has 0 heterocycles. The smallest absolute Gasteiger partial charge is 0.410 e. The largest absolute Gasteiger partial charge is 0.444 e. The number of hydrazine groups is 1. The lowest BCUT2D eigenvalue weighted by Gasteiger charge is -2.37. The van der Waals surface area contributed by atoms with Gasteiger partial charge < -0.3 is 9.64 Å². The predicted molar refractivity (Wildman–Crippen MR) is 152 cm³/mol. The number of nitrogens with zero attached hydrogens (tertiary/aromatic N) is 1. The molecular weight excluding hydrogens is 536 g/mol. The van der Waals surface area contributed by atoms with E-state index in [9.17, 15) is 23.2 Å². The van der Waals surface area contributed by atoms with E-state index in [-0.39, 0.29) is 51.1 Å². The second-order valence-corrected chi connectivity index (χ2v) is 12.2. The lowest BCUT2D eigenvalue weighted by molar-refractivity contribution is -0.122. The standard InChI is InChI=1S/C30H39F2N3O4S/c1-21-12-13-25(40-20-22-9-6-5-7-10-22)24(19-21)27(37)34-33-26(36)11-8-18-35(28(38)39-29(2,3)4)23-14-16-30(31,32)17-15-23/h5-7,9-10,12-13,19,23H,8,11,14-18,20H2,1-4H3,(H,33,36)(H,34,37). The van der Waals surface area contributed by atoms with Crippen LogP contribution in [0.25, 0.3) is 0 Å². The van der Waals surface area contributed by atoms with E-state index in [0.717, 1.165) is 16.0 Å². The van der Waals surface area contributed by atoms with Crippen molar-refractivity contribution in [3.8, 4) is 0 Å². The molecule has 0 aliphatic heterocycles. The number of carbonyl (C=O) groups is 3. The van der Waals surface area contributed by atoms with E-state index >= 15 is 0 Å². The van der Waals surface area contributed by atoms with Crippen LogP contribution < -0.4 is 10.9 Å². The molecule has 0 aromatic heterocycles. The third kappa shape index (κ3) is 10.1. The summed E-state index contributed by atoms with van der Waals surface area (Å²) >= 11 is 1.54. The second kappa shape index (κ2) is 14.0. The monoisotopic (exact) mass is 575 g/mol. The number of thioether (sulfide) groups is 1. The molecule has 10 heteroatoms. The fraction of sp³-hybridized carbons (Fsp3) is 0.500. The van der Waals surface area contributed by atoms with Gasteiger partial charge in [-0.15, -0.1) is 11.8 Å². The summed E-state index contributed by atoms with van der Waals surface area (Å²) in [5.41, 5.74) is 6.73. The Morgan fingerprint density at radius 2 is 1.73 bits per heavy atom. The number of benzene rings is 2. The number of ether oxygens (including phenoxy) is 1. The first-order valence-corrected chi connectivity index (χ1v) is 14.6. The number of aryl methyl sites for hydroxylation is 1. The van der Waals surface area contributed by atoms with Gasteiger partial charge in [0.25, 0.3) is 5.91 Å². The number of hydrogen-bond donors (Lipinski definition) is 2. The third-order valence-corrected chi connectivity index (χ3v) is 7.64. The third-order valence-electron chi connectivity index (χ3n) is 6.49. The zero-order valence-corrected chi connectivity index (χ0v) is 24.4. The SMILES string of the molecule is Cc1ccc(SCc2ccccc2)c(C(=O)NNC(=O)CCCN(C(=O)OC(C)(C)C)C2CCC(F)(F)CC2)c1. The number of rotatable bonds is 9. The Bertz CT molecular complexity index is 1160. The topological polar surface area (TPSA) is 87.7 Å². The summed E-state index contributed by atoms with van der Waals surface area (Å²) in [5, 5.41) is 0. The zero-order chi connectivity index (χ0) is 29.3. The number of carbonyl (C=O) groups excluding carboxylic acids is 3. The Kier molecular flexibility index (Phi) is 11.0. The molecule has 2 N–H and O–H groups in total. The first kappa shape index (κ1) is 31.4. The van der Waals surface area contributed by atoms with Gasteiger partial charge in [-0.25, -0.2) is 13.6 Å². The van der Waals surface area contributed by atoms with Crippen LogP contribution in [0.1, 0.15) is 80.8 Å². The quantitative estimate of drug-likeness (QED) is 0.258. The first-order valence-electron chi connectivity index (χ1n) is 13.6. The average molecular weight is 576 g/mol. The van der Waals surface area contributed by atoms with Crippen molar-refractivity contribution in [2.45, 2.75) is 94.4 Å². The molecule has 0 atom stereocenters. The summed E-state index contributed by atoms with van der Waals surface area (Å²) in [7, 11) is 0. The maximum absolute atomic E-state index is 13.7. The van der Waals surface area contributed by atoms with Gasteiger partial charge >= 0.3 is 6.09 Å². The van der Waals surface area contributed by atoms with Crippen molar-refractivity contribution in [2.24, 2.45) is 0 Å². The maximum atomic E-state index is 13.7. The molecule has 1 aliphatic carbocycles. The van der Waals surface area contributed by atoms with Crippen molar-refractivity contribution in [1.29, 1.82) is 0 Å². The molecule has 3 rings (SSSR count). The molecule has 2 aromatic rings. The second-order valence-electron chi connectivity index (χ2n) is 11.1. The fourth-order valence-electron chi connectivity index (χ4n) is 4.43. The number of nitrogens with one attached hydrogen (secondary N) is 2.